The van der Waals surface area contributed by atoms with Gasteiger partial charge in [0, 0.05) is 18.2 Å². The lowest BCUT2D eigenvalue weighted by Gasteiger charge is -2.06. The normalized spacial score (nSPS) is 10.5. The molecule has 2 rings (SSSR count). The van der Waals surface area contributed by atoms with Crippen molar-refractivity contribution in [3.63, 3.8) is 0 Å². The molecule has 0 radical (unpaired) electrons. The van der Waals surface area contributed by atoms with E-state index in [4.69, 9.17) is 4.74 Å². The summed E-state index contributed by atoms with van der Waals surface area (Å²) in [6.45, 7) is 0. The Balaban J connectivity index is 0.00000200. The van der Waals surface area contributed by atoms with Crippen LogP contribution >= 0.6 is 0 Å². The highest BCUT2D eigenvalue weighted by Gasteiger charge is 2.15. The Morgan fingerprint density at radius 1 is 1.10 bits per heavy atom. The zero-order valence-corrected chi connectivity index (χ0v) is 12.1. The molecule has 0 aliphatic rings. The maximum atomic E-state index is 12.0. The Morgan fingerprint density at radius 3 is 2.25 bits per heavy atom. The van der Waals surface area contributed by atoms with Crippen molar-refractivity contribution < 1.29 is 31.3 Å². The van der Waals surface area contributed by atoms with Gasteiger partial charge in [-0.3, -0.25) is 4.72 Å². The lowest BCUT2D eigenvalue weighted by molar-refractivity contribution is -0.254. The van der Waals surface area contributed by atoms with Crippen molar-refractivity contribution in [2.24, 2.45) is 0 Å². The van der Waals surface area contributed by atoms with Crippen molar-refractivity contribution in [3.8, 4) is 5.88 Å². The Bertz CT molecular complexity index is 659. The standard InChI is InChI=1S/C11H12N4O3S.ClH/c1-18-11-7-6-10(13-14-11)15-19(16,17)9-4-2-8(12)3-5-9;/h2-7H,12H2,1H3,(H,13,15);1H. The van der Waals surface area contributed by atoms with E-state index in [2.05, 4.69) is 20.7 Å². The third-order valence-electron chi connectivity index (χ3n) is 2.32. The number of methoxy groups -OCH3 is 1. The highest BCUT2D eigenvalue weighted by molar-refractivity contribution is 7.92. The number of benzene rings is 1. The summed E-state index contributed by atoms with van der Waals surface area (Å²) in [6, 6.07) is 9.18. The Labute approximate surface area is 122 Å². The van der Waals surface area contributed by atoms with Gasteiger partial charge in [-0.15, -0.1) is 10.2 Å². The van der Waals surface area contributed by atoms with E-state index < -0.39 is 10.0 Å². The summed E-state index contributed by atoms with van der Waals surface area (Å²) in [4.78, 5) is 0.137. The Kier molecular flexibility index (Phi) is 5.26. The molecular formula is C11H13ClN4O3S. The lowest BCUT2D eigenvalue weighted by atomic mass is 10.3. The molecular weight excluding hydrogens is 304 g/mol. The van der Waals surface area contributed by atoms with Crippen LogP contribution in [0, 0.1) is 0 Å². The monoisotopic (exact) mass is 316 g/mol. The number of ether oxygens (including phenoxy) is 1. The molecule has 0 saturated carbocycles. The van der Waals surface area contributed by atoms with Crippen LogP contribution in [-0.4, -0.2) is 25.7 Å². The molecule has 0 aliphatic carbocycles. The van der Waals surface area contributed by atoms with Gasteiger partial charge in [-0.1, -0.05) is 0 Å². The van der Waals surface area contributed by atoms with Gasteiger partial charge in [0.25, 0.3) is 10.0 Å². The van der Waals surface area contributed by atoms with E-state index >= 15 is 0 Å². The number of nitrogens with one attached hydrogen (secondary N) is 1. The molecule has 0 unspecified atom stereocenters. The molecule has 0 atom stereocenters. The lowest BCUT2D eigenvalue weighted by Crippen LogP contribution is -3.00. The predicted molar refractivity (Wildman–Crippen MR) is 68.4 cm³/mol. The minimum Gasteiger partial charge on any atom is -1.00 e. The maximum absolute atomic E-state index is 12.0. The average molecular weight is 317 g/mol. The molecule has 9 heteroatoms. The maximum Gasteiger partial charge on any atom is 0.263 e. The number of nitrogens with zero attached hydrogens (tertiary/aromatic N) is 2. The van der Waals surface area contributed by atoms with Crippen LogP contribution in [0.5, 0.6) is 5.88 Å². The van der Waals surface area contributed by atoms with Crippen molar-refractivity contribution in [3.05, 3.63) is 36.4 Å². The third-order valence-corrected chi connectivity index (χ3v) is 3.69. The van der Waals surface area contributed by atoms with Crippen LogP contribution in [0.25, 0.3) is 0 Å². The predicted octanol–water partition coefficient (Wildman–Crippen LogP) is -2.84. The molecule has 0 spiro atoms. The molecule has 2 aromatic rings. The highest BCUT2D eigenvalue weighted by Crippen LogP contribution is 2.15. The van der Waals surface area contributed by atoms with Gasteiger partial charge in [0.2, 0.25) is 5.88 Å². The van der Waals surface area contributed by atoms with E-state index in [1.54, 1.807) is 12.1 Å². The Morgan fingerprint density at radius 2 is 1.75 bits per heavy atom. The largest absolute Gasteiger partial charge is 1.00 e. The van der Waals surface area contributed by atoms with Crippen LogP contribution in [0.1, 0.15) is 0 Å². The van der Waals surface area contributed by atoms with Gasteiger partial charge in [-0.05, 0) is 18.2 Å². The second kappa shape index (κ2) is 6.51. The van der Waals surface area contributed by atoms with Crippen LogP contribution in [-0.2, 0) is 10.0 Å². The number of anilines is 1. The van der Waals surface area contributed by atoms with E-state index in [1.165, 1.54) is 31.4 Å². The number of rotatable bonds is 4. The molecule has 0 aliphatic heterocycles. The van der Waals surface area contributed by atoms with E-state index in [1.807, 2.05) is 0 Å². The van der Waals surface area contributed by atoms with Crippen molar-refractivity contribution in [1.29, 1.82) is 0 Å². The summed E-state index contributed by atoms with van der Waals surface area (Å²) in [6.07, 6.45) is 0. The quantitative estimate of drug-likeness (QED) is 0.632. The van der Waals surface area contributed by atoms with Gasteiger partial charge < -0.3 is 22.9 Å². The van der Waals surface area contributed by atoms with Crippen molar-refractivity contribution in [2.45, 2.75) is 4.90 Å². The summed E-state index contributed by atoms with van der Waals surface area (Å²) in [5, 5.41) is 7.38. The van der Waals surface area contributed by atoms with Gasteiger partial charge in [0.05, 0.1) is 12.0 Å². The third kappa shape index (κ3) is 3.80. The van der Waals surface area contributed by atoms with Gasteiger partial charge >= 0.3 is 0 Å². The summed E-state index contributed by atoms with van der Waals surface area (Å²) in [5.74, 6) is 0.434. The number of aromatic nitrogens is 2. The van der Waals surface area contributed by atoms with Gasteiger partial charge in [-0.2, -0.15) is 0 Å². The molecule has 1 aromatic heterocycles. The van der Waals surface area contributed by atoms with Crippen LogP contribution in [0.3, 0.4) is 0 Å². The van der Waals surface area contributed by atoms with E-state index in [0.717, 1.165) is 5.69 Å². The van der Waals surface area contributed by atoms with Crippen LogP contribution < -0.4 is 27.6 Å². The average Bonchev–Trinajstić information content (AvgIpc) is 2.40. The molecule has 20 heavy (non-hydrogen) atoms. The molecule has 0 saturated heterocycles. The Hall–Kier alpha value is -1.90. The van der Waals surface area contributed by atoms with E-state index in [9.17, 15) is 8.42 Å². The molecule has 0 bridgehead atoms. The molecule has 1 heterocycles. The zero-order valence-electron chi connectivity index (χ0n) is 10.6. The van der Waals surface area contributed by atoms with Gasteiger partial charge in [-0.25, -0.2) is 8.42 Å². The van der Waals surface area contributed by atoms with Crippen LogP contribution in [0.15, 0.2) is 41.3 Å². The van der Waals surface area contributed by atoms with Crippen LogP contribution in [0.2, 0.25) is 0 Å². The topological polar surface area (TPSA) is 109 Å². The van der Waals surface area contributed by atoms with Crippen molar-refractivity contribution >= 4 is 21.5 Å². The van der Waals surface area contributed by atoms with E-state index in [-0.39, 0.29) is 23.1 Å². The minimum atomic E-state index is -3.67. The van der Waals surface area contributed by atoms with Crippen molar-refractivity contribution in [2.75, 3.05) is 11.8 Å². The number of hydrogen-bond acceptors (Lipinski definition) is 5. The first kappa shape index (κ1) is 16.2. The summed E-state index contributed by atoms with van der Waals surface area (Å²) < 4.78 is 31.2. The summed E-state index contributed by atoms with van der Waals surface area (Å²) in [7, 11) is -2.22. The fraction of sp³-hybridized carbons (Fsp3) is 0.0909. The fourth-order valence-corrected chi connectivity index (χ4v) is 2.34. The highest BCUT2D eigenvalue weighted by atomic mass is 35.5. The van der Waals surface area contributed by atoms with Gasteiger partial charge in [0.1, 0.15) is 5.69 Å². The number of hydrogen-bond donors (Lipinski definition) is 2. The SMILES string of the molecule is COc1ccc(NS(=O)(=O)c2ccc([NH3+])cc2)nn1.[Cl-]. The smallest absolute Gasteiger partial charge is 0.263 e. The van der Waals surface area contributed by atoms with Crippen LogP contribution in [0.4, 0.5) is 11.5 Å². The first-order valence-corrected chi connectivity index (χ1v) is 6.82. The molecule has 108 valence electrons. The molecule has 0 fully saturated rings. The second-order valence-corrected chi connectivity index (χ2v) is 5.39. The summed E-state index contributed by atoms with van der Waals surface area (Å²) >= 11 is 0. The molecule has 0 amide bonds. The van der Waals surface area contributed by atoms with Crippen molar-refractivity contribution in [1.82, 2.24) is 10.2 Å². The number of sulfonamides is 1. The second-order valence-electron chi connectivity index (χ2n) is 3.71. The van der Waals surface area contributed by atoms with E-state index in [0.29, 0.717) is 5.88 Å². The minimum absolute atomic E-state index is 0. The first-order valence-electron chi connectivity index (χ1n) is 5.34. The van der Waals surface area contributed by atoms with Gasteiger partial charge in [0.15, 0.2) is 5.82 Å². The molecule has 4 N–H and O–H groups in total. The zero-order chi connectivity index (χ0) is 13.9. The molecule has 7 nitrogen and oxygen atoms in total. The first-order chi connectivity index (χ1) is 9.01. The molecule has 1 aromatic carbocycles. The summed E-state index contributed by atoms with van der Waals surface area (Å²) in [5.41, 5.74) is 4.43. The number of halogens is 1. The number of quaternary nitrogens is 1. The fourth-order valence-electron chi connectivity index (χ4n) is 1.35.